The SMILES string of the molecule is CC(C)COc1ncc(-c2nn(C)c3cc(C(=O)NS(C)(=O)=O)ccc23)cc1Cl. The summed E-state index contributed by atoms with van der Waals surface area (Å²) in [7, 11) is -1.91. The number of nitrogens with one attached hydrogen (secondary N) is 1. The van der Waals surface area contributed by atoms with Crippen molar-refractivity contribution in [1.29, 1.82) is 0 Å². The third-order valence-corrected chi connectivity index (χ3v) is 4.85. The highest BCUT2D eigenvalue weighted by molar-refractivity contribution is 7.89. The van der Waals surface area contributed by atoms with Crippen LogP contribution in [0.5, 0.6) is 5.88 Å². The summed E-state index contributed by atoms with van der Waals surface area (Å²) in [6.07, 6.45) is 2.56. The molecule has 0 spiro atoms. The van der Waals surface area contributed by atoms with Gasteiger partial charge in [-0.1, -0.05) is 25.4 Å². The number of sulfonamides is 1. The third kappa shape index (κ3) is 4.86. The molecule has 0 atom stereocenters. The quantitative estimate of drug-likeness (QED) is 0.637. The molecule has 0 bridgehead atoms. The number of aryl methyl sites for hydroxylation is 1. The normalized spacial score (nSPS) is 11.8. The first-order valence-corrected chi connectivity index (χ1v) is 11.1. The van der Waals surface area contributed by atoms with Gasteiger partial charge in [-0.05, 0) is 30.2 Å². The van der Waals surface area contributed by atoms with Crippen molar-refractivity contribution in [3.05, 3.63) is 41.0 Å². The van der Waals surface area contributed by atoms with Crippen LogP contribution < -0.4 is 9.46 Å². The van der Waals surface area contributed by atoms with Gasteiger partial charge in [0.2, 0.25) is 15.9 Å². The van der Waals surface area contributed by atoms with E-state index in [-0.39, 0.29) is 5.56 Å². The zero-order valence-electron chi connectivity index (χ0n) is 16.4. The number of nitrogens with zero attached hydrogens (tertiary/aromatic N) is 3. The van der Waals surface area contributed by atoms with Crippen molar-refractivity contribution in [2.24, 2.45) is 13.0 Å². The molecule has 3 aromatic rings. The summed E-state index contributed by atoms with van der Waals surface area (Å²) in [4.78, 5) is 16.4. The van der Waals surface area contributed by atoms with Crippen molar-refractivity contribution in [3.63, 3.8) is 0 Å². The molecule has 29 heavy (non-hydrogen) atoms. The standard InChI is InChI=1S/C19H21ClN4O4S/c1-11(2)10-28-19-15(20)7-13(9-21-19)17-14-6-5-12(8-16(14)24(3)22-17)18(25)23-29(4,26)27/h5-9,11H,10H2,1-4H3,(H,23,25). The number of benzene rings is 1. The molecule has 0 saturated carbocycles. The van der Waals surface area contributed by atoms with Gasteiger partial charge in [-0.25, -0.2) is 18.1 Å². The molecule has 0 unspecified atom stereocenters. The minimum absolute atomic E-state index is 0.214. The number of ether oxygens (including phenoxy) is 1. The van der Waals surface area contributed by atoms with Crippen molar-refractivity contribution in [2.75, 3.05) is 12.9 Å². The average molecular weight is 437 g/mol. The number of fused-ring (bicyclic) bond motifs is 1. The largest absolute Gasteiger partial charge is 0.476 e. The van der Waals surface area contributed by atoms with E-state index in [1.54, 1.807) is 42.2 Å². The second-order valence-corrected chi connectivity index (χ2v) is 9.28. The molecule has 1 aromatic carbocycles. The molecule has 10 heteroatoms. The number of carbonyl (C=O) groups is 1. The van der Waals surface area contributed by atoms with Crippen molar-refractivity contribution in [3.8, 4) is 17.1 Å². The van der Waals surface area contributed by atoms with Gasteiger partial charge >= 0.3 is 0 Å². The first kappa shape index (κ1) is 21.1. The van der Waals surface area contributed by atoms with Gasteiger partial charge in [-0.2, -0.15) is 5.10 Å². The highest BCUT2D eigenvalue weighted by atomic mass is 35.5. The Bertz CT molecular complexity index is 1190. The van der Waals surface area contributed by atoms with E-state index in [0.29, 0.717) is 40.2 Å². The fourth-order valence-corrected chi connectivity index (χ4v) is 3.42. The number of halogens is 1. The number of hydrogen-bond acceptors (Lipinski definition) is 6. The van der Waals surface area contributed by atoms with Gasteiger partial charge in [0.1, 0.15) is 10.7 Å². The minimum Gasteiger partial charge on any atom is -0.476 e. The molecule has 0 fully saturated rings. The van der Waals surface area contributed by atoms with Crippen LogP contribution in [0.25, 0.3) is 22.2 Å². The number of carbonyl (C=O) groups excluding carboxylic acids is 1. The predicted molar refractivity (Wildman–Crippen MR) is 112 cm³/mol. The lowest BCUT2D eigenvalue weighted by molar-refractivity contribution is 0.0982. The molecule has 8 nitrogen and oxygen atoms in total. The zero-order chi connectivity index (χ0) is 21.3. The minimum atomic E-state index is -3.65. The summed E-state index contributed by atoms with van der Waals surface area (Å²) < 4.78 is 31.8. The zero-order valence-corrected chi connectivity index (χ0v) is 18.0. The molecule has 2 heterocycles. The maximum absolute atomic E-state index is 12.1. The fraction of sp³-hybridized carbons (Fsp3) is 0.316. The Morgan fingerprint density at radius 2 is 2.03 bits per heavy atom. The molecule has 0 aliphatic carbocycles. The van der Waals surface area contributed by atoms with Crippen LogP contribution in [0.4, 0.5) is 0 Å². The van der Waals surface area contributed by atoms with E-state index in [4.69, 9.17) is 16.3 Å². The smallest absolute Gasteiger partial charge is 0.264 e. The first-order chi connectivity index (χ1) is 13.5. The highest BCUT2D eigenvalue weighted by Gasteiger charge is 2.17. The van der Waals surface area contributed by atoms with Gasteiger partial charge in [-0.3, -0.25) is 9.48 Å². The first-order valence-electron chi connectivity index (χ1n) is 8.82. The summed E-state index contributed by atoms with van der Waals surface area (Å²) in [6, 6.07) is 6.58. The van der Waals surface area contributed by atoms with Gasteiger partial charge < -0.3 is 4.74 Å². The van der Waals surface area contributed by atoms with Gasteiger partial charge in [-0.15, -0.1) is 0 Å². The molecule has 0 radical (unpaired) electrons. The monoisotopic (exact) mass is 436 g/mol. The van der Waals surface area contributed by atoms with E-state index in [9.17, 15) is 13.2 Å². The molecule has 3 rings (SSSR count). The number of hydrogen-bond donors (Lipinski definition) is 1. The summed E-state index contributed by atoms with van der Waals surface area (Å²) in [5.74, 6) is 0.0129. The molecule has 1 amide bonds. The van der Waals surface area contributed by atoms with Gasteiger partial charge in [0.05, 0.1) is 18.4 Å². The lowest BCUT2D eigenvalue weighted by Gasteiger charge is -2.09. The van der Waals surface area contributed by atoms with Gasteiger partial charge in [0, 0.05) is 29.8 Å². The van der Waals surface area contributed by atoms with Gasteiger partial charge in [0.15, 0.2) is 0 Å². The van der Waals surface area contributed by atoms with Crippen LogP contribution in [-0.4, -0.2) is 42.0 Å². The number of amides is 1. The lowest BCUT2D eigenvalue weighted by atomic mass is 10.1. The summed E-state index contributed by atoms with van der Waals surface area (Å²) in [5.41, 5.74) is 2.22. The molecule has 2 aromatic heterocycles. The second kappa shape index (κ2) is 8.00. The Balaban J connectivity index is 1.97. The van der Waals surface area contributed by atoms with Crippen LogP contribution >= 0.6 is 11.6 Å². The van der Waals surface area contributed by atoms with Crippen LogP contribution in [0.1, 0.15) is 24.2 Å². The van der Waals surface area contributed by atoms with E-state index in [1.807, 2.05) is 18.6 Å². The van der Waals surface area contributed by atoms with Crippen LogP contribution in [-0.2, 0) is 17.1 Å². The van der Waals surface area contributed by atoms with Crippen molar-refractivity contribution >= 4 is 38.4 Å². The molecule has 0 aliphatic heterocycles. The molecule has 1 N–H and O–H groups in total. The summed E-state index contributed by atoms with van der Waals surface area (Å²) >= 11 is 6.32. The van der Waals surface area contributed by atoms with Crippen molar-refractivity contribution in [2.45, 2.75) is 13.8 Å². The van der Waals surface area contributed by atoms with E-state index < -0.39 is 15.9 Å². The van der Waals surface area contributed by atoms with Crippen LogP contribution in [0.15, 0.2) is 30.5 Å². The maximum atomic E-state index is 12.1. The lowest BCUT2D eigenvalue weighted by Crippen LogP contribution is -2.29. The summed E-state index contributed by atoms with van der Waals surface area (Å²) in [6.45, 7) is 4.58. The fourth-order valence-electron chi connectivity index (χ4n) is 2.75. The highest BCUT2D eigenvalue weighted by Crippen LogP contribution is 2.32. The summed E-state index contributed by atoms with van der Waals surface area (Å²) in [5, 5.41) is 5.66. The van der Waals surface area contributed by atoms with Crippen LogP contribution in [0.2, 0.25) is 5.02 Å². The molecule has 154 valence electrons. The Hall–Kier alpha value is -2.65. The Kier molecular flexibility index (Phi) is 5.81. The Labute approximate surface area is 173 Å². The van der Waals surface area contributed by atoms with E-state index in [2.05, 4.69) is 10.1 Å². The average Bonchev–Trinajstić information content (AvgIpc) is 2.95. The third-order valence-electron chi connectivity index (χ3n) is 4.03. The molecular formula is C19H21ClN4O4S. The number of pyridine rings is 1. The van der Waals surface area contributed by atoms with Crippen LogP contribution in [0.3, 0.4) is 0 Å². The van der Waals surface area contributed by atoms with E-state index >= 15 is 0 Å². The van der Waals surface area contributed by atoms with Crippen molar-refractivity contribution < 1.29 is 17.9 Å². The maximum Gasteiger partial charge on any atom is 0.264 e. The number of aromatic nitrogens is 3. The topological polar surface area (TPSA) is 103 Å². The van der Waals surface area contributed by atoms with Crippen molar-refractivity contribution in [1.82, 2.24) is 19.5 Å². The Morgan fingerprint density at radius 3 is 2.66 bits per heavy atom. The molecule has 0 saturated heterocycles. The predicted octanol–water partition coefficient (Wildman–Crippen LogP) is 3.01. The van der Waals surface area contributed by atoms with Crippen LogP contribution in [0, 0.1) is 5.92 Å². The molecular weight excluding hydrogens is 416 g/mol. The van der Waals surface area contributed by atoms with E-state index in [0.717, 1.165) is 11.6 Å². The van der Waals surface area contributed by atoms with Gasteiger partial charge in [0.25, 0.3) is 5.91 Å². The van der Waals surface area contributed by atoms with E-state index in [1.165, 1.54) is 0 Å². The second-order valence-electron chi connectivity index (χ2n) is 7.12. The Morgan fingerprint density at radius 1 is 1.31 bits per heavy atom. The number of rotatable bonds is 6. The molecule has 0 aliphatic rings.